The summed E-state index contributed by atoms with van der Waals surface area (Å²) in [4.78, 5) is 12.5. The van der Waals surface area contributed by atoms with Crippen LogP contribution in [0.25, 0.3) is 22.8 Å². The molecule has 180 valence electrons. The van der Waals surface area contributed by atoms with Crippen molar-refractivity contribution in [3.8, 4) is 28.5 Å². The molecule has 0 radical (unpaired) electrons. The number of aromatic nitrogens is 5. The molecule has 1 amide bonds. The molecular formula is C26H23N7O2S. The van der Waals surface area contributed by atoms with Crippen LogP contribution in [0.5, 0.6) is 5.75 Å². The first-order chi connectivity index (χ1) is 17.7. The van der Waals surface area contributed by atoms with Gasteiger partial charge < -0.3 is 15.9 Å². The number of carbonyl (C=O) groups is 1. The molecule has 0 atom stereocenters. The maximum absolute atomic E-state index is 12.5. The lowest BCUT2D eigenvalue weighted by molar-refractivity contribution is -0.113. The maximum atomic E-state index is 12.5. The molecule has 0 unspecified atom stereocenters. The summed E-state index contributed by atoms with van der Waals surface area (Å²) in [6.07, 6.45) is 0. The number of nitrogens with zero attached hydrogens (tertiary/aromatic N) is 4. The van der Waals surface area contributed by atoms with Crippen molar-refractivity contribution in [2.45, 2.75) is 11.8 Å². The number of benzene rings is 3. The van der Waals surface area contributed by atoms with E-state index in [1.165, 1.54) is 16.4 Å². The fraction of sp³-hybridized carbons (Fsp3) is 0.0769. The number of rotatable bonds is 9. The fourth-order valence-corrected chi connectivity index (χ4v) is 4.11. The molecule has 0 aliphatic heterocycles. The Morgan fingerprint density at radius 3 is 2.44 bits per heavy atom. The fourth-order valence-electron chi connectivity index (χ4n) is 3.45. The Morgan fingerprint density at radius 2 is 1.69 bits per heavy atom. The zero-order valence-electron chi connectivity index (χ0n) is 19.2. The predicted molar refractivity (Wildman–Crippen MR) is 140 cm³/mol. The van der Waals surface area contributed by atoms with E-state index in [9.17, 15) is 4.79 Å². The molecule has 10 heteroatoms. The molecule has 4 N–H and O–H groups in total. The molecule has 5 aromatic rings. The van der Waals surface area contributed by atoms with Gasteiger partial charge in [-0.15, -0.1) is 10.2 Å². The predicted octanol–water partition coefficient (Wildman–Crippen LogP) is 4.36. The number of nitrogens with two attached hydrogens (primary N) is 1. The van der Waals surface area contributed by atoms with Gasteiger partial charge in [-0.2, -0.15) is 5.10 Å². The SMILES string of the molecule is Nn1c(SCC(=O)Nc2ccc(OCc3ccccc3)cc2)nnc1-c1cc(-c2ccccc2)n[nH]1. The Hall–Kier alpha value is -4.57. The van der Waals surface area contributed by atoms with Crippen LogP contribution >= 0.6 is 11.8 Å². The number of aromatic amines is 1. The minimum absolute atomic E-state index is 0.125. The highest BCUT2D eigenvalue weighted by atomic mass is 32.2. The second kappa shape index (κ2) is 10.8. The average molecular weight is 498 g/mol. The van der Waals surface area contributed by atoms with Gasteiger partial charge in [0.25, 0.3) is 0 Å². The third-order valence-electron chi connectivity index (χ3n) is 5.27. The molecule has 9 nitrogen and oxygen atoms in total. The number of ether oxygens (including phenoxy) is 1. The van der Waals surface area contributed by atoms with Crippen molar-refractivity contribution in [3.63, 3.8) is 0 Å². The lowest BCUT2D eigenvalue weighted by Crippen LogP contribution is -2.16. The van der Waals surface area contributed by atoms with E-state index in [-0.39, 0.29) is 11.7 Å². The van der Waals surface area contributed by atoms with Gasteiger partial charge in [0.15, 0.2) is 0 Å². The topological polar surface area (TPSA) is 124 Å². The highest BCUT2D eigenvalue weighted by molar-refractivity contribution is 7.99. The van der Waals surface area contributed by atoms with Crippen LogP contribution in [-0.4, -0.2) is 36.7 Å². The van der Waals surface area contributed by atoms with Crippen LogP contribution < -0.4 is 15.9 Å². The number of anilines is 1. The van der Waals surface area contributed by atoms with Crippen molar-refractivity contribution in [1.29, 1.82) is 0 Å². The Labute approximate surface area is 211 Å². The molecule has 0 bridgehead atoms. The second-order valence-electron chi connectivity index (χ2n) is 7.84. The first kappa shape index (κ1) is 23.2. The minimum atomic E-state index is -0.185. The summed E-state index contributed by atoms with van der Waals surface area (Å²) in [7, 11) is 0. The Bertz CT molecular complexity index is 1430. The van der Waals surface area contributed by atoms with Crippen molar-refractivity contribution >= 4 is 23.4 Å². The van der Waals surface area contributed by atoms with Gasteiger partial charge in [-0.3, -0.25) is 9.89 Å². The van der Waals surface area contributed by atoms with Crippen molar-refractivity contribution < 1.29 is 9.53 Å². The number of thioether (sulfide) groups is 1. The number of amides is 1. The molecule has 0 fully saturated rings. The normalized spacial score (nSPS) is 10.8. The van der Waals surface area contributed by atoms with E-state index in [0.29, 0.717) is 29.0 Å². The number of hydrogen-bond donors (Lipinski definition) is 3. The van der Waals surface area contributed by atoms with Gasteiger partial charge in [-0.1, -0.05) is 72.4 Å². The highest BCUT2D eigenvalue weighted by Gasteiger charge is 2.16. The quantitative estimate of drug-likeness (QED) is 0.204. The molecule has 0 aliphatic rings. The number of nitrogen functional groups attached to an aromatic ring is 1. The van der Waals surface area contributed by atoms with Gasteiger partial charge >= 0.3 is 0 Å². The molecule has 3 aromatic carbocycles. The van der Waals surface area contributed by atoms with Crippen LogP contribution in [0, 0.1) is 0 Å². The largest absolute Gasteiger partial charge is 0.489 e. The zero-order chi connectivity index (χ0) is 24.7. The summed E-state index contributed by atoms with van der Waals surface area (Å²) in [5.41, 5.74) is 4.15. The van der Waals surface area contributed by atoms with E-state index in [1.54, 1.807) is 12.1 Å². The van der Waals surface area contributed by atoms with Crippen LogP contribution in [0.2, 0.25) is 0 Å². The summed E-state index contributed by atoms with van der Waals surface area (Å²) in [5, 5.41) is 18.8. The summed E-state index contributed by atoms with van der Waals surface area (Å²) in [6, 6.07) is 28.8. The second-order valence-corrected chi connectivity index (χ2v) is 8.79. The van der Waals surface area contributed by atoms with Gasteiger partial charge in [0, 0.05) is 11.3 Å². The molecule has 2 heterocycles. The number of hydrogen-bond acceptors (Lipinski definition) is 7. The van der Waals surface area contributed by atoms with Crippen LogP contribution in [0.3, 0.4) is 0 Å². The molecule has 0 saturated heterocycles. The smallest absolute Gasteiger partial charge is 0.234 e. The first-order valence-electron chi connectivity index (χ1n) is 11.2. The van der Waals surface area contributed by atoms with Gasteiger partial charge in [-0.25, -0.2) is 4.68 Å². The van der Waals surface area contributed by atoms with Crippen LogP contribution in [-0.2, 0) is 11.4 Å². The van der Waals surface area contributed by atoms with Crippen LogP contribution in [0.15, 0.2) is 96.2 Å². The average Bonchev–Trinajstić information content (AvgIpc) is 3.55. The van der Waals surface area contributed by atoms with Crippen molar-refractivity contribution in [1.82, 2.24) is 25.1 Å². The van der Waals surface area contributed by atoms with Crippen molar-refractivity contribution in [2.24, 2.45) is 0 Å². The van der Waals surface area contributed by atoms with E-state index in [2.05, 4.69) is 25.7 Å². The summed E-state index contributed by atoms with van der Waals surface area (Å²) in [6.45, 7) is 0.483. The van der Waals surface area contributed by atoms with Gasteiger partial charge in [-0.05, 0) is 35.9 Å². The summed E-state index contributed by atoms with van der Waals surface area (Å²) >= 11 is 1.20. The van der Waals surface area contributed by atoms with Crippen LogP contribution in [0.4, 0.5) is 5.69 Å². The number of carbonyl (C=O) groups excluding carboxylic acids is 1. The maximum Gasteiger partial charge on any atom is 0.234 e. The number of H-pyrrole nitrogens is 1. The monoisotopic (exact) mass is 497 g/mol. The lowest BCUT2D eigenvalue weighted by Gasteiger charge is -2.08. The molecule has 0 spiro atoms. The van der Waals surface area contributed by atoms with Crippen molar-refractivity contribution in [3.05, 3.63) is 96.6 Å². The Kier molecular flexibility index (Phi) is 6.95. The summed E-state index contributed by atoms with van der Waals surface area (Å²) < 4.78 is 7.13. The van der Waals surface area contributed by atoms with Crippen LogP contribution in [0.1, 0.15) is 5.56 Å². The standard InChI is InChI=1S/C26H23N7O2S/c27-33-25(23-15-22(29-30-23)19-9-5-2-6-10-19)31-32-26(33)36-17-24(34)28-20-11-13-21(14-12-20)35-16-18-7-3-1-4-8-18/h1-15H,16-17,27H2,(H,28,34)(H,29,30). The molecule has 0 saturated carbocycles. The summed E-state index contributed by atoms with van der Waals surface area (Å²) in [5.74, 6) is 7.28. The molecule has 2 aromatic heterocycles. The third-order valence-corrected chi connectivity index (χ3v) is 6.21. The van der Waals surface area contributed by atoms with Gasteiger partial charge in [0.05, 0.1) is 11.4 Å². The number of nitrogens with one attached hydrogen (secondary N) is 2. The third kappa shape index (κ3) is 5.56. The molecule has 36 heavy (non-hydrogen) atoms. The molecular weight excluding hydrogens is 474 g/mol. The van der Waals surface area contributed by atoms with Crippen molar-refractivity contribution in [2.75, 3.05) is 16.9 Å². The zero-order valence-corrected chi connectivity index (χ0v) is 20.0. The van der Waals surface area contributed by atoms with E-state index >= 15 is 0 Å². The Balaban J connectivity index is 1.14. The van der Waals surface area contributed by atoms with Gasteiger partial charge in [0.2, 0.25) is 16.9 Å². The van der Waals surface area contributed by atoms with E-state index in [1.807, 2.05) is 78.9 Å². The van der Waals surface area contributed by atoms with E-state index in [4.69, 9.17) is 10.6 Å². The lowest BCUT2D eigenvalue weighted by atomic mass is 10.1. The molecule has 0 aliphatic carbocycles. The van der Waals surface area contributed by atoms with E-state index < -0.39 is 0 Å². The first-order valence-corrected chi connectivity index (χ1v) is 12.2. The Morgan fingerprint density at radius 1 is 0.972 bits per heavy atom. The molecule has 5 rings (SSSR count). The van der Waals surface area contributed by atoms with E-state index in [0.717, 1.165) is 22.6 Å². The minimum Gasteiger partial charge on any atom is -0.489 e. The highest BCUT2D eigenvalue weighted by Crippen LogP contribution is 2.25. The van der Waals surface area contributed by atoms with Gasteiger partial charge in [0.1, 0.15) is 18.1 Å².